The molecular formula is C28H26Cl2N4O. The number of aromatic nitrogens is 3. The van der Waals surface area contributed by atoms with Crippen LogP contribution in [-0.4, -0.2) is 28.0 Å². The Bertz CT molecular complexity index is 1470. The first-order valence-corrected chi connectivity index (χ1v) is 13.1. The maximum absolute atomic E-state index is 6.57. The number of aryl methyl sites for hydroxylation is 1. The quantitative estimate of drug-likeness (QED) is 0.288. The van der Waals surface area contributed by atoms with E-state index in [0.717, 1.165) is 73.6 Å². The van der Waals surface area contributed by atoms with Crippen molar-refractivity contribution in [2.75, 3.05) is 18.0 Å². The summed E-state index contributed by atoms with van der Waals surface area (Å²) in [6.45, 7) is 2.01. The predicted molar refractivity (Wildman–Crippen MR) is 141 cm³/mol. The summed E-state index contributed by atoms with van der Waals surface area (Å²) in [6.07, 6.45) is 8.07. The van der Waals surface area contributed by atoms with Gasteiger partial charge in [0, 0.05) is 42.6 Å². The average Bonchev–Trinajstić information content (AvgIpc) is 3.52. The van der Waals surface area contributed by atoms with Crippen molar-refractivity contribution in [2.24, 2.45) is 12.5 Å². The largest absolute Gasteiger partial charge is 0.360 e. The van der Waals surface area contributed by atoms with E-state index in [2.05, 4.69) is 40.4 Å². The Morgan fingerprint density at radius 3 is 2.40 bits per heavy atom. The predicted octanol–water partition coefficient (Wildman–Crippen LogP) is 7.49. The van der Waals surface area contributed by atoms with Gasteiger partial charge in [-0.2, -0.15) is 5.10 Å². The van der Waals surface area contributed by atoms with Gasteiger partial charge in [-0.3, -0.25) is 4.68 Å². The van der Waals surface area contributed by atoms with Crippen molar-refractivity contribution in [2.45, 2.75) is 38.0 Å². The fraction of sp³-hybridized carbons (Fsp3) is 0.357. The van der Waals surface area contributed by atoms with Gasteiger partial charge in [-0.15, -0.1) is 0 Å². The highest BCUT2D eigenvalue weighted by Crippen LogP contribution is 2.56. The molecule has 0 amide bonds. The maximum Gasteiger partial charge on any atom is 0.158 e. The third-order valence-corrected chi connectivity index (χ3v) is 8.64. The van der Waals surface area contributed by atoms with E-state index in [0.29, 0.717) is 16.0 Å². The topological polar surface area (TPSA) is 47.1 Å². The molecule has 0 unspecified atom stereocenters. The summed E-state index contributed by atoms with van der Waals surface area (Å²) in [4.78, 5) is 2.45. The minimum absolute atomic E-state index is 0.232. The molecule has 0 atom stereocenters. The fourth-order valence-corrected chi connectivity index (χ4v) is 6.50. The van der Waals surface area contributed by atoms with Crippen molar-refractivity contribution >= 4 is 45.5 Å². The molecule has 35 heavy (non-hydrogen) atoms. The molecule has 1 spiro atoms. The van der Waals surface area contributed by atoms with Crippen LogP contribution in [0, 0.1) is 5.41 Å². The van der Waals surface area contributed by atoms with E-state index in [-0.39, 0.29) is 5.41 Å². The molecular weight excluding hydrogens is 479 g/mol. The number of allylic oxidation sites excluding steroid dienone is 2. The zero-order chi connectivity index (χ0) is 23.7. The lowest BCUT2D eigenvalue weighted by Crippen LogP contribution is -2.42. The van der Waals surface area contributed by atoms with E-state index < -0.39 is 0 Å². The molecule has 7 heteroatoms. The SMILES string of the molecule is Cn1nc(N2CCC3(C=C(c4c(-c5c(Cl)cccc5Cl)noc4C4CC4)C3)CC2)c2ccccc21. The Kier molecular flexibility index (Phi) is 4.84. The third kappa shape index (κ3) is 3.43. The van der Waals surface area contributed by atoms with Crippen LogP contribution >= 0.6 is 23.2 Å². The van der Waals surface area contributed by atoms with Gasteiger partial charge in [0.05, 0.1) is 15.6 Å². The van der Waals surface area contributed by atoms with Crippen LogP contribution in [0.5, 0.6) is 0 Å². The molecule has 2 aromatic heterocycles. The van der Waals surface area contributed by atoms with Crippen LogP contribution in [0.2, 0.25) is 10.0 Å². The van der Waals surface area contributed by atoms with Crippen molar-refractivity contribution in [3.8, 4) is 11.3 Å². The number of nitrogens with zero attached hydrogens (tertiary/aromatic N) is 4. The van der Waals surface area contributed by atoms with E-state index in [1.165, 1.54) is 16.5 Å². The molecule has 2 aromatic carbocycles. The van der Waals surface area contributed by atoms with E-state index >= 15 is 0 Å². The van der Waals surface area contributed by atoms with E-state index in [9.17, 15) is 0 Å². The highest BCUT2D eigenvalue weighted by Gasteiger charge is 2.44. The molecule has 3 heterocycles. The molecule has 4 aromatic rings. The third-order valence-electron chi connectivity index (χ3n) is 8.01. The van der Waals surface area contributed by atoms with E-state index in [4.69, 9.17) is 32.8 Å². The molecule has 1 saturated carbocycles. The summed E-state index contributed by atoms with van der Waals surface area (Å²) in [6, 6.07) is 14.1. The number of halogens is 2. The molecule has 5 nitrogen and oxygen atoms in total. The minimum Gasteiger partial charge on any atom is -0.360 e. The second-order valence-corrected chi connectivity index (χ2v) is 11.1. The van der Waals surface area contributed by atoms with Gasteiger partial charge in [0.1, 0.15) is 11.5 Å². The summed E-state index contributed by atoms with van der Waals surface area (Å²) in [5.74, 6) is 2.57. The Morgan fingerprint density at radius 1 is 0.971 bits per heavy atom. The summed E-state index contributed by atoms with van der Waals surface area (Å²) in [5.41, 5.74) is 5.44. The Balaban J connectivity index is 1.18. The van der Waals surface area contributed by atoms with Gasteiger partial charge in [0.2, 0.25) is 0 Å². The average molecular weight is 505 g/mol. The molecule has 0 radical (unpaired) electrons. The van der Waals surface area contributed by atoms with Crippen LogP contribution in [0.4, 0.5) is 5.82 Å². The van der Waals surface area contributed by atoms with Gasteiger partial charge < -0.3 is 9.42 Å². The Hall–Kier alpha value is -2.76. The molecule has 2 fully saturated rings. The van der Waals surface area contributed by atoms with E-state index in [1.807, 2.05) is 29.9 Å². The summed E-state index contributed by atoms with van der Waals surface area (Å²) < 4.78 is 7.90. The lowest BCUT2D eigenvalue weighted by atomic mass is 9.63. The molecule has 3 aliphatic rings. The van der Waals surface area contributed by atoms with Gasteiger partial charge >= 0.3 is 0 Å². The lowest BCUT2D eigenvalue weighted by molar-refractivity contribution is 0.277. The number of rotatable bonds is 4. The molecule has 178 valence electrons. The first kappa shape index (κ1) is 21.5. The highest BCUT2D eigenvalue weighted by molar-refractivity contribution is 6.39. The summed E-state index contributed by atoms with van der Waals surface area (Å²) in [5, 5.41) is 11.8. The van der Waals surface area contributed by atoms with Gasteiger partial charge in [-0.05, 0) is 67.4 Å². The minimum atomic E-state index is 0.232. The monoisotopic (exact) mass is 504 g/mol. The van der Waals surface area contributed by atoms with Crippen molar-refractivity contribution in [1.29, 1.82) is 0 Å². The summed E-state index contributed by atoms with van der Waals surface area (Å²) >= 11 is 13.1. The number of para-hydroxylation sites is 1. The Morgan fingerprint density at radius 2 is 1.69 bits per heavy atom. The number of fused-ring (bicyclic) bond motifs is 1. The smallest absolute Gasteiger partial charge is 0.158 e. The fourth-order valence-electron chi connectivity index (χ4n) is 5.93. The molecule has 0 N–H and O–H groups in total. The van der Waals surface area contributed by atoms with Crippen molar-refractivity contribution in [3.63, 3.8) is 0 Å². The lowest BCUT2D eigenvalue weighted by Gasteiger charge is -2.46. The Labute approximate surface area is 214 Å². The molecule has 0 bridgehead atoms. The number of benzene rings is 2. The van der Waals surface area contributed by atoms with Crippen LogP contribution < -0.4 is 4.90 Å². The number of hydrogen-bond donors (Lipinski definition) is 0. The van der Waals surface area contributed by atoms with Crippen molar-refractivity contribution < 1.29 is 4.52 Å². The normalized spacial score (nSPS) is 19.3. The second kappa shape index (κ2) is 7.87. The van der Waals surface area contributed by atoms with Crippen LogP contribution in [0.1, 0.15) is 49.3 Å². The van der Waals surface area contributed by atoms with Crippen LogP contribution in [0.25, 0.3) is 27.7 Å². The van der Waals surface area contributed by atoms with Gasteiger partial charge in [0.25, 0.3) is 0 Å². The van der Waals surface area contributed by atoms with Gasteiger partial charge in [-0.1, -0.05) is 52.6 Å². The maximum atomic E-state index is 6.57. The molecule has 7 rings (SSSR count). The standard InChI is InChI=1S/C28H26Cl2N4O/c1-33-22-8-3-2-5-19(22)27(31-33)34-13-11-28(12-14-34)15-18(16-28)23-25(32-35-26(23)17-9-10-17)24-20(29)6-4-7-21(24)30/h2-8,15,17H,9-14,16H2,1H3. The zero-order valence-corrected chi connectivity index (χ0v) is 21.1. The molecule has 1 aliphatic heterocycles. The molecule has 1 saturated heterocycles. The van der Waals surface area contributed by atoms with Crippen LogP contribution in [-0.2, 0) is 7.05 Å². The highest BCUT2D eigenvalue weighted by atomic mass is 35.5. The number of anilines is 1. The van der Waals surface area contributed by atoms with Crippen LogP contribution in [0.3, 0.4) is 0 Å². The van der Waals surface area contributed by atoms with Gasteiger partial charge in [-0.25, -0.2) is 0 Å². The van der Waals surface area contributed by atoms with Crippen molar-refractivity contribution in [1.82, 2.24) is 14.9 Å². The second-order valence-electron chi connectivity index (χ2n) is 10.3. The summed E-state index contributed by atoms with van der Waals surface area (Å²) in [7, 11) is 2.03. The van der Waals surface area contributed by atoms with E-state index in [1.54, 1.807) is 0 Å². The van der Waals surface area contributed by atoms with Crippen LogP contribution in [0.15, 0.2) is 53.1 Å². The van der Waals surface area contributed by atoms with Gasteiger partial charge in [0.15, 0.2) is 5.82 Å². The van der Waals surface area contributed by atoms with Crippen molar-refractivity contribution in [3.05, 3.63) is 69.9 Å². The number of piperidine rings is 1. The first-order chi connectivity index (χ1) is 17.0. The molecule has 2 aliphatic carbocycles. The zero-order valence-electron chi connectivity index (χ0n) is 19.6. The number of hydrogen-bond acceptors (Lipinski definition) is 4. The first-order valence-electron chi connectivity index (χ1n) is 12.4.